The van der Waals surface area contributed by atoms with Gasteiger partial charge in [-0.3, -0.25) is 0 Å². The number of ether oxygens (including phenoxy) is 1. The van der Waals surface area contributed by atoms with Crippen LogP contribution >= 0.6 is 0 Å². The van der Waals surface area contributed by atoms with Crippen LogP contribution in [0.5, 0.6) is 5.75 Å². The molecule has 19 heavy (non-hydrogen) atoms. The molecule has 1 heterocycles. The molecule has 3 rings (SSSR count). The molecule has 1 aromatic carbocycles. The van der Waals surface area contributed by atoms with Gasteiger partial charge in [-0.25, -0.2) is 9.97 Å². The predicted molar refractivity (Wildman–Crippen MR) is 73.9 cm³/mol. The second-order valence-electron chi connectivity index (χ2n) is 4.77. The molecule has 0 atom stereocenters. The van der Waals surface area contributed by atoms with E-state index in [9.17, 15) is 0 Å². The third-order valence-electron chi connectivity index (χ3n) is 3.23. The van der Waals surface area contributed by atoms with Crippen molar-refractivity contribution in [1.82, 2.24) is 15.3 Å². The number of methoxy groups -OCH3 is 1. The molecule has 0 saturated heterocycles. The Morgan fingerprint density at radius 1 is 1.21 bits per heavy atom. The summed E-state index contributed by atoms with van der Waals surface area (Å²) in [5, 5.41) is 3.45. The van der Waals surface area contributed by atoms with Gasteiger partial charge in [-0.1, -0.05) is 12.1 Å². The van der Waals surface area contributed by atoms with Gasteiger partial charge in [0.15, 0.2) is 5.82 Å². The van der Waals surface area contributed by atoms with Crippen molar-refractivity contribution in [2.75, 3.05) is 7.11 Å². The molecule has 1 N–H and O–H groups in total. The molecule has 0 unspecified atom stereocenters. The zero-order chi connectivity index (χ0) is 13.1. The smallest absolute Gasteiger partial charge is 0.162 e. The van der Waals surface area contributed by atoms with Gasteiger partial charge >= 0.3 is 0 Å². The van der Waals surface area contributed by atoms with Crippen molar-refractivity contribution in [3.8, 4) is 17.1 Å². The number of nitrogens with zero attached hydrogens (tertiary/aromatic N) is 2. The number of aromatic nitrogens is 2. The molecule has 1 aliphatic carbocycles. The van der Waals surface area contributed by atoms with Crippen molar-refractivity contribution in [3.63, 3.8) is 0 Å². The highest BCUT2D eigenvalue weighted by molar-refractivity contribution is 5.63. The lowest BCUT2D eigenvalue weighted by atomic mass is 10.2. The van der Waals surface area contributed by atoms with Crippen LogP contribution in [0.4, 0.5) is 0 Å². The van der Waals surface area contributed by atoms with Gasteiger partial charge in [0.25, 0.3) is 0 Å². The highest BCUT2D eigenvalue weighted by Gasteiger charge is 2.20. The zero-order valence-corrected chi connectivity index (χ0v) is 11.0. The molecule has 0 aliphatic heterocycles. The Labute approximate surface area is 112 Å². The first-order chi connectivity index (χ1) is 9.36. The summed E-state index contributed by atoms with van der Waals surface area (Å²) in [4.78, 5) is 8.85. The average Bonchev–Trinajstić information content (AvgIpc) is 3.30. The van der Waals surface area contributed by atoms with Crippen LogP contribution in [0, 0.1) is 0 Å². The Balaban J connectivity index is 1.77. The molecule has 98 valence electrons. The minimum absolute atomic E-state index is 0.702. The molecular weight excluding hydrogens is 238 g/mol. The zero-order valence-electron chi connectivity index (χ0n) is 11.0. The highest BCUT2D eigenvalue weighted by atomic mass is 16.5. The van der Waals surface area contributed by atoms with Crippen molar-refractivity contribution in [1.29, 1.82) is 0 Å². The maximum atomic E-state index is 5.32. The third kappa shape index (κ3) is 2.90. The van der Waals surface area contributed by atoms with Crippen LogP contribution in [0.25, 0.3) is 11.4 Å². The maximum absolute atomic E-state index is 5.32. The summed E-state index contributed by atoms with van der Waals surface area (Å²) in [6, 6.07) is 8.49. The second-order valence-corrected chi connectivity index (χ2v) is 4.77. The fourth-order valence-electron chi connectivity index (χ4n) is 1.96. The lowest BCUT2D eigenvalue weighted by molar-refractivity contribution is 0.416. The fraction of sp³-hybridized carbons (Fsp3) is 0.333. The van der Waals surface area contributed by atoms with Gasteiger partial charge in [0.1, 0.15) is 5.75 Å². The predicted octanol–water partition coefficient (Wildman–Crippen LogP) is 2.40. The van der Waals surface area contributed by atoms with Gasteiger partial charge in [0.05, 0.1) is 12.7 Å². The standard InChI is InChI=1S/C15H17N3O/c1-19-14-5-3-2-4-13(14)15-17-9-11(10-18-15)8-16-12-6-7-12/h2-5,9-10,12,16H,6-8H2,1H3. The number of rotatable bonds is 5. The van der Waals surface area contributed by atoms with Crippen LogP contribution in [0.2, 0.25) is 0 Å². The van der Waals surface area contributed by atoms with E-state index in [2.05, 4.69) is 15.3 Å². The third-order valence-corrected chi connectivity index (χ3v) is 3.23. The minimum atomic E-state index is 0.702. The van der Waals surface area contributed by atoms with Gasteiger partial charge in [-0.05, 0) is 25.0 Å². The van der Waals surface area contributed by atoms with Crippen molar-refractivity contribution >= 4 is 0 Å². The number of hydrogen-bond donors (Lipinski definition) is 1. The largest absolute Gasteiger partial charge is 0.496 e. The summed E-state index contributed by atoms with van der Waals surface area (Å²) in [6.45, 7) is 0.844. The number of para-hydroxylation sites is 1. The summed E-state index contributed by atoms with van der Waals surface area (Å²) < 4.78 is 5.32. The first kappa shape index (κ1) is 12.1. The van der Waals surface area contributed by atoms with E-state index in [-0.39, 0.29) is 0 Å². The Morgan fingerprint density at radius 3 is 2.63 bits per heavy atom. The van der Waals surface area contributed by atoms with Gasteiger partial charge in [-0.15, -0.1) is 0 Å². The highest BCUT2D eigenvalue weighted by Crippen LogP contribution is 2.26. The molecule has 1 aliphatic rings. The van der Waals surface area contributed by atoms with Crippen molar-refractivity contribution in [2.45, 2.75) is 25.4 Å². The molecule has 1 saturated carbocycles. The van der Waals surface area contributed by atoms with E-state index in [0.717, 1.165) is 23.4 Å². The second kappa shape index (κ2) is 5.36. The van der Waals surface area contributed by atoms with Crippen molar-refractivity contribution in [3.05, 3.63) is 42.2 Å². The fourth-order valence-corrected chi connectivity index (χ4v) is 1.96. The molecule has 1 aromatic heterocycles. The average molecular weight is 255 g/mol. The molecule has 0 spiro atoms. The SMILES string of the molecule is COc1ccccc1-c1ncc(CNC2CC2)cn1. The summed E-state index contributed by atoms with van der Waals surface area (Å²) in [7, 11) is 1.66. The lowest BCUT2D eigenvalue weighted by Crippen LogP contribution is -2.15. The van der Waals surface area contributed by atoms with Gasteiger partial charge in [0.2, 0.25) is 0 Å². The summed E-state index contributed by atoms with van der Waals surface area (Å²) in [5.41, 5.74) is 2.04. The van der Waals surface area contributed by atoms with E-state index < -0.39 is 0 Å². The van der Waals surface area contributed by atoms with E-state index in [1.165, 1.54) is 12.8 Å². The van der Waals surface area contributed by atoms with E-state index in [1.807, 2.05) is 36.7 Å². The monoisotopic (exact) mass is 255 g/mol. The molecule has 0 bridgehead atoms. The van der Waals surface area contributed by atoms with Gasteiger partial charge in [-0.2, -0.15) is 0 Å². The number of nitrogens with one attached hydrogen (secondary N) is 1. The maximum Gasteiger partial charge on any atom is 0.162 e. The summed E-state index contributed by atoms with van der Waals surface area (Å²) >= 11 is 0. The van der Waals surface area contributed by atoms with Gasteiger partial charge < -0.3 is 10.1 Å². The molecule has 0 amide bonds. The molecule has 4 heteroatoms. The molecule has 0 radical (unpaired) electrons. The number of hydrogen-bond acceptors (Lipinski definition) is 4. The first-order valence-corrected chi connectivity index (χ1v) is 6.54. The van der Waals surface area contributed by atoms with Crippen molar-refractivity contribution < 1.29 is 4.74 Å². The Bertz CT molecular complexity index is 550. The van der Waals surface area contributed by atoms with Crippen LogP contribution in [0.15, 0.2) is 36.7 Å². The van der Waals surface area contributed by atoms with Gasteiger partial charge in [0, 0.05) is 30.5 Å². The van der Waals surface area contributed by atoms with Crippen molar-refractivity contribution in [2.24, 2.45) is 0 Å². The van der Waals surface area contributed by atoms with Crippen LogP contribution < -0.4 is 10.1 Å². The van der Waals surface area contributed by atoms with E-state index in [0.29, 0.717) is 11.9 Å². The molecule has 2 aromatic rings. The quantitative estimate of drug-likeness (QED) is 0.891. The van der Waals surface area contributed by atoms with Crippen LogP contribution in [-0.4, -0.2) is 23.1 Å². The first-order valence-electron chi connectivity index (χ1n) is 6.54. The normalized spacial score (nSPS) is 14.4. The number of benzene rings is 1. The Hall–Kier alpha value is -1.94. The molecule has 1 fully saturated rings. The topological polar surface area (TPSA) is 47.0 Å². The minimum Gasteiger partial charge on any atom is -0.496 e. The van der Waals surface area contributed by atoms with E-state index >= 15 is 0 Å². The summed E-state index contributed by atoms with van der Waals surface area (Å²) in [6.07, 6.45) is 6.34. The summed E-state index contributed by atoms with van der Waals surface area (Å²) in [5.74, 6) is 1.50. The van der Waals surface area contributed by atoms with Crippen LogP contribution in [0.1, 0.15) is 18.4 Å². The Morgan fingerprint density at radius 2 is 1.95 bits per heavy atom. The van der Waals surface area contributed by atoms with Crippen LogP contribution in [-0.2, 0) is 6.54 Å². The van der Waals surface area contributed by atoms with Crippen LogP contribution in [0.3, 0.4) is 0 Å². The molecular formula is C15H17N3O. The lowest BCUT2D eigenvalue weighted by Gasteiger charge is -2.07. The van der Waals surface area contributed by atoms with E-state index in [1.54, 1.807) is 7.11 Å². The Kier molecular flexibility index (Phi) is 3.42. The van der Waals surface area contributed by atoms with E-state index in [4.69, 9.17) is 4.74 Å². The molecule has 4 nitrogen and oxygen atoms in total.